The van der Waals surface area contributed by atoms with Crippen LogP contribution in [0.5, 0.6) is 0 Å². The highest BCUT2D eigenvalue weighted by Crippen LogP contribution is 2.42. The second-order valence-electron chi connectivity index (χ2n) is 11.8. The van der Waals surface area contributed by atoms with Crippen LogP contribution in [0.4, 0.5) is 0 Å². The summed E-state index contributed by atoms with van der Waals surface area (Å²) >= 11 is 3.43. The first-order valence-electron chi connectivity index (χ1n) is 13.4. The van der Waals surface area contributed by atoms with Crippen LogP contribution in [-0.2, 0) is 15.4 Å². The number of hydrogen-bond acceptors (Lipinski definition) is 5. The third-order valence-corrected chi connectivity index (χ3v) is 15.8. The first-order chi connectivity index (χ1) is 19.4. The Labute approximate surface area is 249 Å². The van der Waals surface area contributed by atoms with Crippen LogP contribution < -0.4 is 0 Å². The van der Waals surface area contributed by atoms with Crippen LogP contribution in [0, 0.1) is 0 Å². The van der Waals surface area contributed by atoms with Crippen molar-refractivity contribution in [2.45, 2.75) is 49.1 Å². The highest BCUT2D eigenvalue weighted by atomic mass is 79.9. The Kier molecular flexibility index (Phi) is 6.63. The minimum Gasteiger partial charge on any atom is -0.440 e. The molecule has 0 saturated heterocycles. The molecule has 0 aliphatic rings. The molecule has 0 fully saturated rings. The molecule has 0 aliphatic heterocycles. The minimum absolute atomic E-state index is 0.150. The molecule has 3 aromatic carbocycles. The van der Waals surface area contributed by atoms with Gasteiger partial charge in [-0.25, -0.2) is 4.98 Å². The molecule has 210 valence electrons. The van der Waals surface area contributed by atoms with Gasteiger partial charge in [0.25, 0.3) is 10.0 Å². The molecule has 0 radical (unpaired) electrons. The van der Waals surface area contributed by atoms with E-state index >= 15 is 0 Å². The van der Waals surface area contributed by atoms with Gasteiger partial charge in [-0.05, 0) is 58.8 Å². The van der Waals surface area contributed by atoms with Gasteiger partial charge >= 0.3 is 0 Å². The lowest BCUT2D eigenvalue weighted by atomic mass is 9.97. The number of alkyl halides is 1. The fourth-order valence-corrected chi connectivity index (χ4v) is 8.59. The van der Waals surface area contributed by atoms with Gasteiger partial charge in [-0.15, -0.1) is 0 Å². The van der Waals surface area contributed by atoms with E-state index in [4.69, 9.17) is 4.42 Å². The Morgan fingerprint density at radius 1 is 0.902 bits per heavy atom. The molecule has 0 N–H and O–H groups in total. The second-order valence-corrected chi connectivity index (χ2v) is 19.2. The predicted octanol–water partition coefficient (Wildman–Crippen LogP) is 8.30. The average Bonchev–Trinajstić information content (AvgIpc) is 3.70. The fourth-order valence-electron chi connectivity index (χ4n) is 5.08. The van der Waals surface area contributed by atoms with E-state index in [2.05, 4.69) is 94.6 Å². The summed E-state index contributed by atoms with van der Waals surface area (Å²) in [4.78, 5) is 4.69. The maximum Gasteiger partial charge on any atom is 0.283 e. The van der Waals surface area contributed by atoms with E-state index in [9.17, 15) is 8.42 Å². The molecule has 6 aromatic rings. The standard InChI is InChI=1S/C31H31BrN4O3SSi/c1-31(2,3)41(4,5)35-15-14-25-24(12-9-13-28(25)35)21-16-26(30-33-19-22(18-32)39-30)27-20-34-36(29(27)17-21)40(37,38)23-10-7-6-8-11-23/h6-17,19-20H,18H2,1-5H3. The van der Waals surface area contributed by atoms with Gasteiger partial charge in [0, 0.05) is 21.9 Å². The SMILES string of the molecule is CC(C)(C)[Si](C)(C)n1ccc2c(-c3cc(-c4ncc(CBr)o4)c4cnn(S(=O)(=O)c5ccccc5)c4c3)cccc21. The summed E-state index contributed by atoms with van der Waals surface area (Å²) in [7, 11) is -5.84. The van der Waals surface area contributed by atoms with Crippen LogP contribution in [-0.4, -0.2) is 35.1 Å². The van der Waals surface area contributed by atoms with Gasteiger partial charge in [0.2, 0.25) is 5.89 Å². The molecule has 0 bridgehead atoms. The van der Waals surface area contributed by atoms with Gasteiger partial charge in [-0.2, -0.15) is 17.6 Å². The zero-order valence-corrected chi connectivity index (χ0v) is 27.0. The Bertz CT molecular complexity index is 2020. The lowest BCUT2D eigenvalue weighted by Gasteiger charge is -2.38. The van der Waals surface area contributed by atoms with E-state index in [1.54, 1.807) is 42.7 Å². The molecular weight excluding hydrogens is 616 g/mol. The maximum absolute atomic E-state index is 13.7. The molecule has 6 rings (SSSR count). The van der Waals surface area contributed by atoms with Crippen molar-refractivity contribution in [1.82, 2.24) is 18.4 Å². The molecule has 0 unspecified atom stereocenters. The summed E-state index contributed by atoms with van der Waals surface area (Å²) in [5, 5.41) is 6.78. The van der Waals surface area contributed by atoms with E-state index in [-0.39, 0.29) is 9.93 Å². The van der Waals surface area contributed by atoms with Crippen molar-refractivity contribution >= 4 is 56.0 Å². The van der Waals surface area contributed by atoms with Gasteiger partial charge < -0.3 is 8.65 Å². The van der Waals surface area contributed by atoms with Crippen molar-refractivity contribution in [2.75, 3.05) is 0 Å². The van der Waals surface area contributed by atoms with Crippen LogP contribution in [0.15, 0.2) is 94.6 Å². The van der Waals surface area contributed by atoms with Crippen molar-refractivity contribution in [3.8, 4) is 22.6 Å². The molecule has 10 heteroatoms. The molecule has 0 saturated carbocycles. The largest absolute Gasteiger partial charge is 0.440 e. The smallest absolute Gasteiger partial charge is 0.283 e. The normalized spacial score (nSPS) is 12.9. The predicted molar refractivity (Wildman–Crippen MR) is 170 cm³/mol. The first kappa shape index (κ1) is 27.7. The van der Waals surface area contributed by atoms with E-state index < -0.39 is 18.3 Å². The number of rotatable bonds is 6. The number of fused-ring (bicyclic) bond motifs is 2. The van der Waals surface area contributed by atoms with Gasteiger partial charge in [0.05, 0.1) is 28.1 Å². The molecule has 3 aromatic heterocycles. The van der Waals surface area contributed by atoms with Crippen molar-refractivity contribution in [3.05, 3.63) is 91.1 Å². The van der Waals surface area contributed by atoms with E-state index in [1.165, 1.54) is 5.52 Å². The van der Waals surface area contributed by atoms with E-state index in [0.29, 0.717) is 33.4 Å². The molecule has 0 amide bonds. The van der Waals surface area contributed by atoms with Crippen molar-refractivity contribution in [3.63, 3.8) is 0 Å². The average molecular weight is 648 g/mol. The zero-order chi connectivity index (χ0) is 29.2. The molecule has 41 heavy (non-hydrogen) atoms. The summed E-state index contributed by atoms with van der Waals surface area (Å²) < 4.78 is 37.1. The topological polar surface area (TPSA) is 82.9 Å². The number of halogens is 1. The molecule has 0 atom stereocenters. The highest BCUT2D eigenvalue weighted by molar-refractivity contribution is 9.08. The molecule has 0 aliphatic carbocycles. The Hall–Kier alpha value is -3.47. The quantitative estimate of drug-likeness (QED) is 0.134. The Morgan fingerprint density at radius 2 is 1.66 bits per heavy atom. The number of nitrogens with zero attached hydrogens (tertiary/aromatic N) is 4. The molecule has 3 heterocycles. The van der Waals surface area contributed by atoms with Crippen LogP contribution in [0.25, 0.3) is 44.4 Å². The monoisotopic (exact) mass is 646 g/mol. The van der Waals surface area contributed by atoms with Gasteiger partial charge in [0.1, 0.15) is 5.76 Å². The maximum atomic E-state index is 13.7. The summed E-state index contributed by atoms with van der Waals surface area (Å²) in [6, 6.07) is 20.8. The first-order valence-corrected chi connectivity index (χ1v) is 18.9. The van der Waals surface area contributed by atoms with E-state index in [1.807, 2.05) is 12.1 Å². The minimum atomic E-state index is -3.95. The molecule has 7 nitrogen and oxygen atoms in total. The number of oxazole rings is 1. The van der Waals surface area contributed by atoms with Crippen LogP contribution in [0.3, 0.4) is 0 Å². The third-order valence-electron chi connectivity index (χ3n) is 8.32. The molecular formula is C31H31BrN4O3SSi. The summed E-state index contributed by atoms with van der Waals surface area (Å²) in [5.41, 5.74) is 4.16. The van der Waals surface area contributed by atoms with Crippen molar-refractivity contribution in [1.29, 1.82) is 0 Å². The number of hydrogen-bond donors (Lipinski definition) is 0. The zero-order valence-electron chi connectivity index (χ0n) is 23.6. The van der Waals surface area contributed by atoms with Crippen LogP contribution in [0.2, 0.25) is 18.1 Å². The lowest BCUT2D eigenvalue weighted by molar-refractivity contribution is 0.540. The summed E-state index contributed by atoms with van der Waals surface area (Å²) in [6.45, 7) is 11.7. The van der Waals surface area contributed by atoms with Crippen molar-refractivity contribution < 1.29 is 12.8 Å². The summed E-state index contributed by atoms with van der Waals surface area (Å²) in [6.07, 6.45) is 5.45. The van der Waals surface area contributed by atoms with E-state index in [0.717, 1.165) is 20.6 Å². The number of benzene rings is 3. The Morgan fingerprint density at radius 3 is 2.34 bits per heavy atom. The highest BCUT2D eigenvalue weighted by Gasteiger charge is 2.38. The number of aromatic nitrogens is 4. The fraction of sp³-hybridized carbons (Fsp3) is 0.226. The third kappa shape index (κ3) is 4.49. The lowest BCUT2D eigenvalue weighted by Crippen LogP contribution is -2.44. The van der Waals surface area contributed by atoms with Crippen molar-refractivity contribution in [2.24, 2.45) is 0 Å². The summed E-state index contributed by atoms with van der Waals surface area (Å²) in [5.74, 6) is 1.09. The molecule has 0 spiro atoms. The van der Waals surface area contributed by atoms with Gasteiger partial charge in [0.15, 0.2) is 8.24 Å². The van der Waals surface area contributed by atoms with Gasteiger partial charge in [-0.3, -0.25) is 0 Å². The van der Waals surface area contributed by atoms with Crippen LogP contribution in [0.1, 0.15) is 26.5 Å². The second kappa shape index (κ2) is 9.82. The Balaban J connectivity index is 1.63. The van der Waals surface area contributed by atoms with Gasteiger partial charge in [-0.1, -0.05) is 80.1 Å². The van der Waals surface area contributed by atoms with Crippen LogP contribution >= 0.6 is 15.9 Å².